The van der Waals surface area contributed by atoms with Gasteiger partial charge in [0, 0.05) is 5.02 Å². The van der Waals surface area contributed by atoms with Gasteiger partial charge >= 0.3 is 0 Å². The van der Waals surface area contributed by atoms with Gasteiger partial charge in [-0.1, -0.05) is 34.8 Å². The van der Waals surface area contributed by atoms with E-state index in [-0.39, 0.29) is 5.82 Å². The van der Waals surface area contributed by atoms with Gasteiger partial charge in [-0.2, -0.15) is 10.4 Å². The fourth-order valence-electron chi connectivity index (χ4n) is 1.57. The molecule has 2 rings (SSSR count). The zero-order valence-corrected chi connectivity index (χ0v) is 12.7. The standard InChI is InChI=1S/C11H7Cl3N4S/c1-19-11-6(4-15)10(16)18(17-11)9-7(13)2-5(12)3-8(9)14/h2-3H,16H2,1H3. The highest BCUT2D eigenvalue weighted by atomic mass is 35.5. The number of nitrogen functional groups attached to an aromatic ring is 1. The molecule has 1 heterocycles. The molecule has 1 aromatic heterocycles. The molecule has 0 aliphatic rings. The molecule has 0 atom stereocenters. The molecule has 98 valence electrons. The third-order valence-corrected chi connectivity index (χ3v) is 3.85. The van der Waals surface area contributed by atoms with E-state index in [9.17, 15) is 0 Å². The first-order chi connectivity index (χ1) is 8.99. The first-order valence-corrected chi connectivity index (χ1v) is 7.33. The Morgan fingerprint density at radius 1 is 1.32 bits per heavy atom. The van der Waals surface area contributed by atoms with E-state index in [1.165, 1.54) is 28.6 Å². The highest BCUT2D eigenvalue weighted by molar-refractivity contribution is 7.98. The Bertz CT molecular complexity index is 667. The predicted octanol–water partition coefficient (Wildman–Crippen LogP) is 4.01. The second kappa shape index (κ2) is 5.51. The van der Waals surface area contributed by atoms with Crippen LogP contribution < -0.4 is 5.73 Å². The number of hydrogen-bond acceptors (Lipinski definition) is 4. The molecule has 0 aliphatic carbocycles. The number of nitriles is 1. The Morgan fingerprint density at radius 3 is 2.32 bits per heavy atom. The fourth-order valence-corrected chi connectivity index (χ4v) is 3.06. The van der Waals surface area contributed by atoms with E-state index in [1.807, 2.05) is 6.07 Å². The number of aromatic nitrogens is 2. The summed E-state index contributed by atoms with van der Waals surface area (Å²) in [5, 5.41) is 14.9. The number of hydrogen-bond donors (Lipinski definition) is 1. The van der Waals surface area contributed by atoms with E-state index >= 15 is 0 Å². The molecular formula is C11H7Cl3N4S. The van der Waals surface area contributed by atoms with Crippen molar-refractivity contribution < 1.29 is 0 Å². The van der Waals surface area contributed by atoms with Crippen LogP contribution in [0.1, 0.15) is 5.56 Å². The fraction of sp³-hybridized carbons (Fsp3) is 0.0909. The first kappa shape index (κ1) is 14.4. The highest BCUT2D eigenvalue weighted by Crippen LogP contribution is 2.35. The third kappa shape index (κ3) is 2.49. The second-order valence-electron chi connectivity index (χ2n) is 3.51. The third-order valence-electron chi connectivity index (χ3n) is 2.39. The number of thioether (sulfide) groups is 1. The molecule has 0 spiro atoms. The Kier molecular flexibility index (Phi) is 4.16. The van der Waals surface area contributed by atoms with Gasteiger partial charge < -0.3 is 5.73 Å². The van der Waals surface area contributed by atoms with Gasteiger partial charge in [0.2, 0.25) is 0 Å². The Labute approximate surface area is 129 Å². The van der Waals surface area contributed by atoms with Gasteiger partial charge in [0.25, 0.3) is 0 Å². The maximum Gasteiger partial charge on any atom is 0.146 e. The lowest BCUT2D eigenvalue weighted by Crippen LogP contribution is -2.04. The summed E-state index contributed by atoms with van der Waals surface area (Å²) in [7, 11) is 0. The lowest BCUT2D eigenvalue weighted by molar-refractivity contribution is 0.846. The van der Waals surface area contributed by atoms with Gasteiger partial charge in [0.15, 0.2) is 0 Å². The molecular weight excluding hydrogens is 327 g/mol. The van der Waals surface area contributed by atoms with Gasteiger partial charge in [-0.25, -0.2) is 4.68 Å². The SMILES string of the molecule is CSc1nn(-c2c(Cl)cc(Cl)cc2Cl)c(N)c1C#N. The molecule has 0 saturated carbocycles. The van der Waals surface area contributed by atoms with Crippen LogP contribution in [0.25, 0.3) is 5.69 Å². The summed E-state index contributed by atoms with van der Waals surface area (Å²) in [5.74, 6) is 0.193. The Hall–Kier alpha value is -1.06. The summed E-state index contributed by atoms with van der Waals surface area (Å²) >= 11 is 19.4. The van der Waals surface area contributed by atoms with Crippen molar-refractivity contribution in [2.75, 3.05) is 12.0 Å². The summed E-state index contributed by atoms with van der Waals surface area (Å²) in [4.78, 5) is 0. The van der Waals surface area contributed by atoms with Crippen LogP contribution in [0.5, 0.6) is 0 Å². The number of rotatable bonds is 2. The number of anilines is 1. The molecule has 1 aromatic carbocycles. The van der Waals surface area contributed by atoms with Crippen molar-refractivity contribution in [3.05, 3.63) is 32.8 Å². The number of halogens is 3. The average Bonchev–Trinajstić information content (AvgIpc) is 2.65. The van der Waals surface area contributed by atoms with Crippen molar-refractivity contribution in [3.63, 3.8) is 0 Å². The van der Waals surface area contributed by atoms with Crippen LogP contribution in [0.4, 0.5) is 5.82 Å². The molecule has 4 nitrogen and oxygen atoms in total. The van der Waals surface area contributed by atoms with Gasteiger partial charge in [-0.3, -0.25) is 0 Å². The summed E-state index contributed by atoms with van der Waals surface area (Å²) < 4.78 is 1.35. The number of nitrogens with two attached hydrogens (primary N) is 1. The smallest absolute Gasteiger partial charge is 0.146 e. The second-order valence-corrected chi connectivity index (χ2v) is 5.56. The summed E-state index contributed by atoms with van der Waals surface area (Å²) in [6.45, 7) is 0. The monoisotopic (exact) mass is 332 g/mol. The summed E-state index contributed by atoms with van der Waals surface area (Å²) in [5.41, 5.74) is 6.62. The number of benzene rings is 1. The van der Waals surface area contributed by atoms with Crippen LogP contribution in [-0.4, -0.2) is 16.0 Å². The van der Waals surface area contributed by atoms with Gasteiger partial charge in [0.1, 0.15) is 28.2 Å². The van der Waals surface area contributed by atoms with E-state index < -0.39 is 0 Å². The summed E-state index contributed by atoms with van der Waals surface area (Å²) in [6.07, 6.45) is 1.80. The normalized spacial score (nSPS) is 10.5. The first-order valence-electron chi connectivity index (χ1n) is 4.97. The molecule has 0 bridgehead atoms. The Balaban J connectivity index is 2.74. The lowest BCUT2D eigenvalue weighted by Gasteiger charge is -2.09. The molecule has 0 fully saturated rings. The van der Waals surface area contributed by atoms with Gasteiger partial charge in [0.05, 0.1) is 10.0 Å². The minimum absolute atomic E-state index is 0.193. The average molecular weight is 334 g/mol. The maximum atomic E-state index is 9.09. The van der Waals surface area contributed by atoms with Crippen LogP contribution in [0.15, 0.2) is 17.2 Å². The maximum absolute atomic E-state index is 9.09. The van der Waals surface area contributed by atoms with Crippen molar-refractivity contribution >= 4 is 52.4 Å². The molecule has 0 radical (unpaired) electrons. The van der Waals surface area contributed by atoms with Crippen LogP contribution in [0, 0.1) is 11.3 Å². The minimum atomic E-state index is 0.193. The molecule has 0 amide bonds. The molecule has 0 aliphatic heterocycles. The quantitative estimate of drug-likeness (QED) is 0.843. The van der Waals surface area contributed by atoms with E-state index in [2.05, 4.69) is 5.10 Å². The predicted molar refractivity (Wildman–Crippen MR) is 79.5 cm³/mol. The number of nitrogens with zero attached hydrogens (tertiary/aromatic N) is 3. The van der Waals surface area contributed by atoms with Crippen LogP contribution >= 0.6 is 46.6 Å². The van der Waals surface area contributed by atoms with E-state index in [4.69, 9.17) is 45.8 Å². The highest BCUT2D eigenvalue weighted by Gasteiger charge is 2.19. The lowest BCUT2D eigenvalue weighted by atomic mass is 10.3. The van der Waals surface area contributed by atoms with Crippen molar-refractivity contribution in [2.24, 2.45) is 0 Å². The molecule has 0 unspecified atom stereocenters. The van der Waals surface area contributed by atoms with E-state index in [1.54, 1.807) is 6.26 Å². The molecule has 8 heteroatoms. The van der Waals surface area contributed by atoms with Gasteiger partial charge in [-0.15, -0.1) is 11.8 Å². The van der Waals surface area contributed by atoms with Crippen molar-refractivity contribution in [1.82, 2.24) is 9.78 Å². The summed E-state index contributed by atoms with van der Waals surface area (Å²) in [6, 6.07) is 5.09. The largest absolute Gasteiger partial charge is 0.382 e. The van der Waals surface area contributed by atoms with Crippen LogP contribution in [0.2, 0.25) is 15.1 Å². The molecule has 2 N–H and O–H groups in total. The van der Waals surface area contributed by atoms with Crippen LogP contribution in [0.3, 0.4) is 0 Å². The molecule has 19 heavy (non-hydrogen) atoms. The topological polar surface area (TPSA) is 67.6 Å². The van der Waals surface area contributed by atoms with Crippen molar-refractivity contribution in [1.29, 1.82) is 5.26 Å². The van der Waals surface area contributed by atoms with Crippen LogP contribution in [-0.2, 0) is 0 Å². The van der Waals surface area contributed by atoms with Crippen molar-refractivity contribution in [2.45, 2.75) is 5.03 Å². The van der Waals surface area contributed by atoms with Crippen molar-refractivity contribution in [3.8, 4) is 11.8 Å². The Morgan fingerprint density at radius 2 is 1.89 bits per heavy atom. The minimum Gasteiger partial charge on any atom is -0.382 e. The van der Waals surface area contributed by atoms with Gasteiger partial charge in [-0.05, 0) is 18.4 Å². The molecule has 2 aromatic rings. The zero-order valence-electron chi connectivity index (χ0n) is 9.62. The zero-order chi connectivity index (χ0) is 14.2. The molecule has 0 saturated heterocycles. The van der Waals surface area contributed by atoms with E-state index in [0.29, 0.717) is 31.3 Å². The van der Waals surface area contributed by atoms with E-state index in [0.717, 1.165) is 0 Å².